The van der Waals surface area contributed by atoms with Crippen LogP contribution in [0.4, 0.5) is 0 Å². The molecule has 0 unspecified atom stereocenters. The van der Waals surface area contributed by atoms with E-state index >= 15 is 0 Å². The molecule has 2 atom stereocenters. The Bertz CT molecular complexity index is 788. The highest BCUT2D eigenvalue weighted by Gasteiger charge is 2.42. The number of rotatable bonds is 5. The lowest BCUT2D eigenvalue weighted by atomic mass is 9.73. The number of benzene rings is 1. The molecule has 190 valence electrons. The molecule has 1 aromatic carbocycles. The molecule has 2 amide bonds. The zero-order valence-corrected chi connectivity index (χ0v) is 21.4. The van der Waals surface area contributed by atoms with Crippen LogP contribution in [0.5, 0.6) is 5.75 Å². The number of methoxy groups -OCH3 is 1. The van der Waals surface area contributed by atoms with Crippen LogP contribution in [0.1, 0.15) is 64.9 Å². The van der Waals surface area contributed by atoms with Crippen LogP contribution < -0.4 is 15.4 Å². The van der Waals surface area contributed by atoms with Gasteiger partial charge in [-0.05, 0) is 75.7 Å². The Morgan fingerprint density at radius 2 is 1.79 bits per heavy atom. The molecule has 1 aromatic rings. The third-order valence-corrected chi connectivity index (χ3v) is 7.14. The second kappa shape index (κ2) is 12.5. The highest BCUT2D eigenvalue weighted by atomic mass is 16.5. The molecule has 3 rings (SSSR count). The number of amides is 2. The van der Waals surface area contributed by atoms with Gasteiger partial charge in [-0.1, -0.05) is 32.4 Å². The van der Waals surface area contributed by atoms with Crippen molar-refractivity contribution < 1.29 is 19.1 Å². The summed E-state index contributed by atoms with van der Waals surface area (Å²) >= 11 is 0. The van der Waals surface area contributed by atoms with E-state index in [1.54, 1.807) is 7.11 Å². The summed E-state index contributed by atoms with van der Waals surface area (Å²) in [5.41, 5.74) is 0.821. The van der Waals surface area contributed by atoms with Gasteiger partial charge in [0, 0.05) is 19.2 Å². The van der Waals surface area contributed by atoms with E-state index in [4.69, 9.17) is 9.47 Å². The monoisotopic (exact) mass is 473 g/mol. The molecule has 0 saturated carbocycles. The van der Waals surface area contributed by atoms with Crippen LogP contribution in [-0.2, 0) is 20.9 Å². The minimum atomic E-state index is -0.509. The summed E-state index contributed by atoms with van der Waals surface area (Å²) in [6.07, 6.45) is 4.97. The normalized spacial score (nSPS) is 25.1. The second-order valence-electron chi connectivity index (χ2n) is 10.5. The molecule has 2 N–H and O–H groups in total. The second-order valence-corrected chi connectivity index (χ2v) is 10.5. The fourth-order valence-corrected chi connectivity index (χ4v) is 5.05. The van der Waals surface area contributed by atoms with E-state index in [1.165, 1.54) is 5.56 Å². The molecule has 0 aliphatic carbocycles. The first-order valence-corrected chi connectivity index (χ1v) is 12.9. The van der Waals surface area contributed by atoms with Gasteiger partial charge in [0.15, 0.2) is 0 Å². The molecule has 1 spiro atoms. The summed E-state index contributed by atoms with van der Waals surface area (Å²) < 4.78 is 11.1. The summed E-state index contributed by atoms with van der Waals surface area (Å²) in [7, 11) is 1.68. The molecule has 0 aromatic heterocycles. The fourth-order valence-electron chi connectivity index (χ4n) is 5.05. The van der Waals surface area contributed by atoms with Crippen molar-refractivity contribution in [2.24, 2.45) is 11.3 Å². The van der Waals surface area contributed by atoms with E-state index in [0.29, 0.717) is 25.6 Å². The van der Waals surface area contributed by atoms with Gasteiger partial charge in [0.2, 0.25) is 11.8 Å². The first kappa shape index (κ1) is 26.5. The lowest BCUT2D eigenvalue weighted by molar-refractivity contribution is -0.138. The maximum absolute atomic E-state index is 13.7. The largest absolute Gasteiger partial charge is 0.497 e. The van der Waals surface area contributed by atoms with Gasteiger partial charge in [-0.15, -0.1) is 0 Å². The summed E-state index contributed by atoms with van der Waals surface area (Å²) in [6, 6.07) is 7.61. The lowest BCUT2D eigenvalue weighted by Crippen LogP contribution is -2.55. The van der Waals surface area contributed by atoms with Crippen molar-refractivity contribution in [2.75, 3.05) is 33.4 Å². The summed E-state index contributed by atoms with van der Waals surface area (Å²) in [6.45, 7) is 9.89. The molecule has 34 heavy (non-hydrogen) atoms. The Labute approximate surface area is 204 Å². The number of likely N-dealkylation sites (tertiary alicyclic amines) is 1. The van der Waals surface area contributed by atoms with Crippen LogP contribution >= 0.6 is 0 Å². The Kier molecular flexibility index (Phi) is 9.77. The minimum Gasteiger partial charge on any atom is -0.497 e. The van der Waals surface area contributed by atoms with Crippen molar-refractivity contribution in [2.45, 2.75) is 77.9 Å². The number of hydrogen-bond donors (Lipinski definition) is 2. The predicted octanol–water partition coefficient (Wildman–Crippen LogP) is 3.51. The number of carbonyl (C=O) groups is 2. The summed E-state index contributed by atoms with van der Waals surface area (Å²) in [4.78, 5) is 29.1. The maximum atomic E-state index is 13.7. The molecule has 0 bridgehead atoms. The van der Waals surface area contributed by atoms with Gasteiger partial charge in [0.1, 0.15) is 11.8 Å². The average molecular weight is 474 g/mol. The van der Waals surface area contributed by atoms with Gasteiger partial charge in [0.25, 0.3) is 0 Å². The van der Waals surface area contributed by atoms with Gasteiger partial charge >= 0.3 is 0 Å². The van der Waals surface area contributed by atoms with E-state index in [1.807, 2.05) is 19.1 Å². The van der Waals surface area contributed by atoms with Gasteiger partial charge < -0.3 is 20.1 Å². The Balaban J connectivity index is 1.69. The Morgan fingerprint density at radius 3 is 2.44 bits per heavy atom. The van der Waals surface area contributed by atoms with E-state index in [-0.39, 0.29) is 17.9 Å². The topological polar surface area (TPSA) is 79.9 Å². The van der Waals surface area contributed by atoms with E-state index in [0.717, 1.165) is 57.5 Å². The zero-order chi connectivity index (χ0) is 24.6. The zero-order valence-electron chi connectivity index (χ0n) is 21.4. The molecule has 2 heterocycles. The molecule has 2 aliphatic rings. The van der Waals surface area contributed by atoms with Crippen molar-refractivity contribution >= 4 is 11.8 Å². The predicted molar refractivity (Wildman–Crippen MR) is 134 cm³/mol. The van der Waals surface area contributed by atoms with Crippen LogP contribution in [0.15, 0.2) is 24.3 Å². The average Bonchev–Trinajstić information content (AvgIpc) is 2.82. The van der Waals surface area contributed by atoms with Gasteiger partial charge in [0.05, 0.1) is 19.1 Å². The van der Waals surface area contributed by atoms with Gasteiger partial charge in [-0.2, -0.15) is 0 Å². The van der Waals surface area contributed by atoms with Gasteiger partial charge in [-0.3, -0.25) is 14.5 Å². The number of carbonyl (C=O) groups excluding carboxylic acids is 2. The standard InChI is InChI=1S/C27H43N3O4/c1-20(2)17-24-25(31)28-21(3)19-34-16-6-5-11-27(26(32)29-24)12-14-30(15-13-27)18-22-7-9-23(33-4)10-8-22/h7-10,20-21,24H,5-6,11-19H2,1-4H3,(H,28,31)(H,29,32)/t21-,24+/m1/s1. The SMILES string of the molecule is COc1ccc(CN2CCC3(CCCCOC[C@@H](C)NC(=O)[C@H](CC(C)C)NC3=O)CC2)cc1. The van der Waals surface area contributed by atoms with Crippen molar-refractivity contribution in [3.8, 4) is 5.75 Å². The first-order chi connectivity index (χ1) is 16.3. The fraction of sp³-hybridized carbons (Fsp3) is 0.704. The van der Waals surface area contributed by atoms with Crippen molar-refractivity contribution in [3.63, 3.8) is 0 Å². The van der Waals surface area contributed by atoms with E-state index < -0.39 is 11.5 Å². The molecule has 7 heteroatoms. The molecule has 7 nitrogen and oxygen atoms in total. The number of ether oxygens (including phenoxy) is 2. The van der Waals surface area contributed by atoms with Crippen molar-refractivity contribution in [1.29, 1.82) is 0 Å². The van der Waals surface area contributed by atoms with Crippen LogP contribution in [-0.4, -0.2) is 62.2 Å². The van der Waals surface area contributed by atoms with Crippen molar-refractivity contribution in [1.82, 2.24) is 15.5 Å². The molecule has 0 radical (unpaired) electrons. The lowest BCUT2D eigenvalue weighted by Gasteiger charge is -2.41. The number of nitrogens with one attached hydrogen (secondary N) is 2. The van der Waals surface area contributed by atoms with Crippen LogP contribution in [0.2, 0.25) is 0 Å². The summed E-state index contributed by atoms with van der Waals surface area (Å²) in [5, 5.41) is 6.20. The van der Waals surface area contributed by atoms with Crippen molar-refractivity contribution in [3.05, 3.63) is 29.8 Å². The minimum absolute atomic E-state index is 0.0465. The Morgan fingerprint density at radius 1 is 1.09 bits per heavy atom. The first-order valence-electron chi connectivity index (χ1n) is 12.9. The number of nitrogens with zero attached hydrogens (tertiary/aromatic N) is 1. The molecule has 2 fully saturated rings. The van der Waals surface area contributed by atoms with Crippen LogP contribution in [0.25, 0.3) is 0 Å². The summed E-state index contributed by atoms with van der Waals surface area (Å²) in [5.74, 6) is 1.11. The van der Waals surface area contributed by atoms with E-state index in [9.17, 15) is 9.59 Å². The van der Waals surface area contributed by atoms with Gasteiger partial charge in [-0.25, -0.2) is 0 Å². The highest BCUT2D eigenvalue weighted by molar-refractivity contribution is 5.90. The third-order valence-electron chi connectivity index (χ3n) is 7.14. The van der Waals surface area contributed by atoms with Crippen LogP contribution in [0.3, 0.4) is 0 Å². The third kappa shape index (κ3) is 7.44. The van der Waals surface area contributed by atoms with E-state index in [2.05, 4.69) is 41.5 Å². The molecule has 2 aliphatic heterocycles. The highest BCUT2D eigenvalue weighted by Crippen LogP contribution is 2.38. The molecular weight excluding hydrogens is 430 g/mol. The maximum Gasteiger partial charge on any atom is 0.242 e. The quantitative estimate of drug-likeness (QED) is 0.684. The molecule has 2 saturated heterocycles. The smallest absolute Gasteiger partial charge is 0.242 e. The van der Waals surface area contributed by atoms with Crippen LogP contribution in [0, 0.1) is 11.3 Å². The number of hydrogen-bond acceptors (Lipinski definition) is 5. The molecular formula is C27H43N3O4. The Hall–Kier alpha value is -2.12. The number of piperidine rings is 1.